The molecule has 1 aromatic heterocycles. The molecule has 0 atom stereocenters. The minimum atomic E-state index is -1.06. The molecule has 0 bridgehead atoms. The summed E-state index contributed by atoms with van der Waals surface area (Å²) in [5.74, 6) is -1.47. The van der Waals surface area contributed by atoms with Crippen LogP contribution >= 0.6 is 0 Å². The highest BCUT2D eigenvalue weighted by molar-refractivity contribution is 5.94. The summed E-state index contributed by atoms with van der Waals surface area (Å²) in [7, 11) is 3.22. The second-order valence-corrected chi connectivity index (χ2v) is 3.91. The Bertz CT molecular complexity index is 422. The fourth-order valence-electron chi connectivity index (χ4n) is 1.44. The van der Waals surface area contributed by atoms with E-state index >= 15 is 0 Å². The number of hydrogen-bond donors (Lipinski definition) is 1. The minimum absolute atomic E-state index is 0.219. The average molecular weight is 255 g/mol. The molecule has 18 heavy (non-hydrogen) atoms. The number of carbonyl (C=O) groups is 2. The topological polar surface area (TPSA) is 84.7 Å². The summed E-state index contributed by atoms with van der Waals surface area (Å²) in [5, 5.41) is 12.8. The van der Waals surface area contributed by atoms with Crippen LogP contribution in [0.25, 0.3) is 0 Å². The van der Waals surface area contributed by atoms with Crippen LogP contribution in [0.3, 0.4) is 0 Å². The van der Waals surface area contributed by atoms with Crippen molar-refractivity contribution in [1.29, 1.82) is 0 Å². The molecule has 7 nitrogen and oxygen atoms in total. The van der Waals surface area contributed by atoms with E-state index in [4.69, 9.17) is 9.84 Å². The van der Waals surface area contributed by atoms with Crippen LogP contribution in [0.5, 0.6) is 0 Å². The van der Waals surface area contributed by atoms with Gasteiger partial charge in [0.15, 0.2) is 5.69 Å². The van der Waals surface area contributed by atoms with Gasteiger partial charge < -0.3 is 14.7 Å². The van der Waals surface area contributed by atoms with Crippen molar-refractivity contribution in [1.82, 2.24) is 14.7 Å². The van der Waals surface area contributed by atoms with E-state index < -0.39 is 11.9 Å². The molecular formula is C11H17N3O4. The van der Waals surface area contributed by atoms with Crippen LogP contribution in [0.15, 0.2) is 6.07 Å². The Morgan fingerprint density at radius 3 is 2.67 bits per heavy atom. The van der Waals surface area contributed by atoms with E-state index in [0.717, 1.165) is 5.69 Å². The second-order valence-electron chi connectivity index (χ2n) is 3.91. The van der Waals surface area contributed by atoms with Gasteiger partial charge in [-0.05, 0) is 13.0 Å². The van der Waals surface area contributed by atoms with Crippen LogP contribution in [-0.2, 0) is 16.6 Å². The third-order valence-electron chi connectivity index (χ3n) is 2.51. The summed E-state index contributed by atoms with van der Waals surface area (Å²) in [4.78, 5) is 24.0. The molecule has 0 aliphatic heterocycles. The monoisotopic (exact) mass is 255 g/mol. The average Bonchev–Trinajstić information content (AvgIpc) is 2.63. The maximum Gasteiger partial charge on any atom is 0.323 e. The van der Waals surface area contributed by atoms with Crippen LogP contribution in [-0.4, -0.2) is 58.5 Å². The van der Waals surface area contributed by atoms with Crippen molar-refractivity contribution < 1.29 is 19.4 Å². The Labute approximate surface area is 105 Å². The highest BCUT2D eigenvalue weighted by Crippen LogP contribution is 2.05. The Hall–Kier alpha value is -1.89. The maximum absolute atomic E-state index is 12.1. The Balaban J connectivity index is 2.83. The summed E-state index contributed by atoms with van der Waals surface area (Å²) in [6, 6.07) is 1.63. The van der Waals surface area contributed by atoms with Crippen molar-refractivity contribution in [2.75, 3.05) is 26.8 Å². The molecule has 1 N–H and O–H groups in total. The normalized spacial score (nSPS) is 10.4. The fourth-order valence-corrected chi connectivity index (χ4v) is 1.44. The van der Waals surface area contributed by atoms with Gasteiger partial charge in [-0.2, -0.15) is 5.10 Å². The molecule has 100 valence electrons. The number of aliphatic carboxylic acids is 1. The van der Waals surface area contributed by atoms with Gasteiger partial charge in [0.05, 0.1) is 6.61 Å². The van der Waals surface area contributed by atoms with Crippen molar-refractivity contribution >= 4 is 11.9 Å². The molecule has 0 saturated heterocycles. The molecule has 1 heterocycles. The highest BCUT2D eigenvalue weighted by atomic mass is 16.5. The lowest BCUT2D eigenvalue weighted by Crippen LogP contribution is -2.38. The number of rotatable bonds is 6. The summed E-state index contributed by atoms with van der Waals surface area (Å²) in [5.41, 5.74) is 1.08. The smallest absolute Gasteiger partial charge is 0.323 e. The standard InChI is InChI=1S/C11H17N3O4/c1-8-6-9(12-13(8)2)11(17)14(4-5-18-3)7-10(15)16/h6H,4-5,7H2,1-3H3,(H,15,16). The summed E-state index contributed by atoms with van der Waals surface area (Å²) >= 11 is 0. The zero-order valence-electron chi connectivity index (χ0n) is 10.7. The van der Waals surface area contributed by atoms with Crippen molar-refractivity contribution in [2.45, 2.75) is 6.92 Å². The van der Waals surface area contributed by atoms with Crippen LogP contribution < -0.4 is 0 Å². The van der Waals surface area contributed by atoms with Crippen molar-refractivity contribution in [3.8, 4) is 0 Å². The molecule has 0 radical (unpaired) electrons. The molecule has 0 aliphatic carbocycles. The van der Waals surface area contributed by atoms with E-state index in [1.165, 1.54) is 12.0 Å². The Morgan fingerprint density at radius 1 is 1.56 bits per heavy atom. The first-order valence-electron chi connectivity index (χ1n) is 5.46. The molecule has 1 amide bonds. The highest BCUT2D eigenvalue weighted by Gasteiger charge is 2.20. The van der Waals surface area contributed by atoms with E-state index in [9.17, 15) is 9.59 Å². The van der Waals surface area contributed by atoms with Gasteiger partial charge in [0, 0.05) is 26.4 Å². The van der Waals surface area contributed by atoms with E-state index in [1.807, 2.05) is 6.92 Å². The minimum Gasteiger partial charge on any atom is -0.480 e. The first-order chi connectivity index (χ1) is 8.45. The molecule has 1 aromatic rings. The van der Waals surface area contributed by atoms with E-state index in [1.54, 1.807) is 17.8 Å². The fraction of sp³-hybridized carbons (Fsp3) is 0.545. The second kappa shape index (κ2) is 6.15. The van der Waals surface area contributed by atoms with Gasteiger partial charge in [0.25, 0.3) is 5.91 Å². The lowest BCUT2D eigenvalue weighted by molar-refractivity contribution is -0.137. The van der Waals surface area contributed by atoms with Crippen molar-refractivity contribution in [3.05, 3.63) is 17.5 Å². The molecule has 0 saturated carbocycles. The predicted molar refractivity (Wildman–Crippen MR) is 63.4 cm³/mol. The number of methoxy groups -OCH3 is 1. The largest absolute Gasteiger partial charge is 0.480 e. The third-order valence-corrected chi connectivity index (χ3v) is 2.51. The number of carbonyl (C=O) groups excluding carboxylic acids is 1. The van der Waals surface area contributed by atoms with E-state index in [-0.39, 0.29) is 25.4 Å². The van der Waals surface area contributed by atoms with Gasteiger partial charge in [-0.1, -0.05) is 0 Å². The van der Waals surface area contributed by atoms with Crippen LogP contribution in [0.4, 0.5) is 0 Å². The third kappa shape index (κ3) is 3.56. The first kappa shape index (κ1) is 14.2. The van der Waals surface area contributed by atoms with Gasteiger partial charge in [-0.15, -0.1) is 0 Å². The maximum atomic E-state index is 12.1. The van der Waals surface area contributed by atoms with Gasteiger partial charge in [0.1, 0.15) is 6.54 Å². The number of hydrogen-bond acceptors (Lipinski definition) is 4. The summed E-state index contributed by atoms with van der Waals surface area (Å²) < 4.78 is 6.43. The molecule has 0 aliphatic rings. The zero-order chi connectivity index (χ0) is 13.7. The lowest BCUT2D eigenvalue weighted by Gasteiger charge is -2.18. The summed E-state index contributed by atoms with van der Waals surface area (Å²) in [6.07, 6.45) is 0. The van der Waals surface area contributed by atoms with Crippen molar-refractivity contribution in [2.24, 2.45) is 7.05 Å². The molecular weight excluding hydrogens is 238 g/mol. The van der Waals surface area contributed by atoms with Crippen molar-refractivity contribution in [3.63, 3.8) is 0 Å². The molecule has 0 spiro atoms. The molecule has 0 unspecified atom stereocenters. The molecule has 0 fully saturated rings. The number of carboxylic acid groups (broad SMARTS) is 1. The van der Waals surface area contributed by atoms with Crippen LogP contribution in [0, 0.1) is 6.92 Å². The Morgan fingerprint density at radius 2 is 2.22 bits per heavy atom. The molecule has 1 rings (SSSR count). The number of aryl methyl sites for hydroxylation is 2. The van der Waals surface area contributed by atoms with Crippen LogP contribution in [0.2, 0.25) is 0 Å². The predicted octanol–water partition coefficient (Wildman–Crippen LogP) is -0.0983. The molecule has 7 heteroatoms. The van der Waals surface area contributed by atoms with Gasteiger partial charge in [-0.3, -0.25) is 14.3 Å². The Kier molecular flexibility index (Phi) is 4.85. The summed E-state index contributed by atoms with van der Waals surface area (Å²) in [6.45, 7) is 1.96. The number of nitrogens with zero attached hydrogens (tertiary/aromatic N) is 3. The SMILES string of the molecule is COCCN(CC(=O)O)C(=O)c1cc(C)n(C)n1. The van der Waals surface area contributed by atoms with E-state index in [2.05, 4.69) is 5.10 Å². The number of ether oxygens (including phenoxy) is 1. The number of amides is 1. The van der Waals surface area contributed by atoms with Gasteiger partial charge in [0.2, 0.25) is 0 Å². The van der Waals surface area contributed by atoms with E-state index in [0.29, 0.717) is 0 Å². The quantitative estimate of drug-likeness (QED) is 0.767. The van der Waals surface area contributed by atoms with Crippen LogP contribution in [0.1, 0.15) is 16.2 Å². The first-order valence-corrected chi connectivity index (χ1v) is 5.46. The van der Waals surface area contributed by atoms with Gasteiger partial charge >= 0.3 is 5.97 Å². The van der Waals surface area contributed by atoms with Gasteiger partial charge in [-0.25, -0.2) is 0 Å². The molecule has 0 aromatic carbocycles. The zero-order valence-corrected chi connectivity index (χ0v) is 10.7. The number of carboxylic acids is 1. The lowest BCUT2D eigenvalue weighted by atomic mass is 10.3. The number of aromatic nitrogens is 2.